The fourth-order valence-electron chi connectivity index (χ4n) is 3.96. The summed E-state index contributed by atoms with van der Waals surface area (Å²) in [4.78, 5) is 17.6. The molecule has 1 N–H and O–H groups in total. The molecule has 32 heavy (non-hydrogen) atoms. The summed E-state index contributed by atoms with van der Waals surface area (Å²) < 4.78 is 76.8. The van der Waals surface area contributed by atoms with E-state index in [1.54, 1.807) is 29.6 Å². The quantitative estimate of drug-likeness (QED) is 0.367. The maximum atomic E-state index is 15.3. The summed E-state index contributed by atoms with van der Waals surface area (Å²) in [6.07, 6.45) is -1.05. The molecular weight excluding hydrogens is 432 g/mol. The molecule has 1 atom stereocenters. The van der Waals surface area contributed by atoms with Gasteiger partial charge in [0.25, 0.3) is 0 Å². The van der Waals surface area contributed by atoms with Crippen molar-refractivity contribution in [3.8, 4) is 17.4 Å². The molecule has 5 rings (SSSR count). The Hall–Kier alpha value is -3.40. The molecule has 0 saturated carbocycles. The molecule has 0 aliphatic carbocycles. The molecule has 0 amide bonds. The first-order valence-electron chi connectivity index (χ1n) is 9.74. The number of alkyl halides is 4. The minimum absolute atomic E-state index is 0.0882. The summed E-state index contributed by atoms with van der Waals surface area (Å²) >= 11 is 0. The maximum absolute atomic E-state index is 15.3. The van der Waals surface area contributed by atoms with Crippen LogP contribution in [0, 0.1) is 0 Å². The van der Waals surface area contributed by atoms with Gasteiger partial charge in [-0.3, -0.25) is 10.1 Å². The Bertz CT molecular complexity index is 1200. The number of aromatic nitrogens is 1. The van der Waals surface area contributed by atoms with Crippen molar-refractivity contribution in [1.29, 1.82) is 0 Å². The molecular formula is C22H16F4N2O4. The predicted octanol–water partition coefficient (Wildman–Crippen LogP) is 4.19. The van der Waals surface area contributed by atoms with E-state index in [9.17, 15) is 4.79 Å². The fourth-order valence-corrected chi connectivity index (χ4v) is 3.96. The van der Waals surface area contributed by atoms with Gasteiger partial charge in [-0.25, -0.2) is 13.8 Å². The van der Waals surface area contributed by atoms with Crippen LogP contribution in [0.25, 0.3) is 10.9 Å². The smallest absolute Gasteiger partial charge is 0.355 e. The van der Waals surface area contributed by atoms with Gasteiger partial charge in [0.1, 0.15) is 0 Å². The minimum Gasteiger partial charge on any atom is -0.454 e. The van der Waals surface area contributed by atoms with Gasteiger partial charge >= 0.3 is 17.6 Å². The van der Waals surface area contributed by atoms with Crippen LogP contribution in [0.2, 0.25) is 0 Å². The third-order valence-corrected chi connectivity index (χ3v) is 5.53. The third kappa shape index (κ3) is 2.89. The zero-order valence-electron chi connectivity index (χ0n) is 16.4. The van der Waals surface area contributed by atoms with Crippen LogP contribution in [0.4, 0.5) is 17.6 Å². The van der Waals surface area contributed by atoms with Crippen LogP contribution in [0.15, 0.2) is 54.6 Å². The lowest BCUT2D eigenvalue weighted by atomic mass is 9.79. The summed E-state index contributed by atoms with van der Waals surface area (Å²) in [6.45, 7) is -0.985. The average Bonchev–Trinajstić information content (AvgIpc) is 3.24. The standard InChI is InChI=1S/C22H16F4N2O4/c23-20(24)10-11-27-22(25,26)21(20,19(29)14-5-3-7-16-18(14)31-12-30-16)32-17-9-8-13-4-1-2-6-15(13)28-17/h1-9,27H,10-12H2. The number of hydrogen-bond donors (Lipinski definition) is 1. The molecule has 0 spiro atoms. The minimum atomic E-state index is -4.43. The van der Waals surface area contributed by atoms with E-state index in [-0.39, 0.29) is 18.3 Å². The van der Waals surface area contributed by atoms with Crippen LogP contribution in [-0.2, 0) is 0 Å². The summed E-state index contributed by atoms with van der Waals surface area (Å²) in [7, 11) is 0. The van der Waals surface area contributed by atoms with Crippen molar-refractivity contribution >= 4 is 16.7 Å². The summed E-state index contributed by atoms with van der Waals surface area (Å²) in [5, 5.41) is 2.37. The highest BCUT2D eigenvalue weighted by Gasteiger charge is 2.77. The van der Waals surface area contributed by atoms with Gasteiger partial charge in [0.2, 0.25) is 18.5 Å². The Labute approximate surface area is 179 Å². The number of piperidine rings is 1. The molecule has 6 nitrogen and oxygen atoms in total. The first-order chi connectivity index (χ1) is 15.3. The van der Waals surface area contributed by atoms with Crippen molar-refractivity contribution in [2.24, 2.45) is 0 Å². The van der Waals surface area contributed by atoms with Gasteiger partial charge in [0.05, 0.1) is 11.1 Å². The molecule has 2 aliphatic rings. The molecule has 2 aromatic carbocycles. The van der Waals surface area contributed by atoms with Gasteiger partial charge in [-0.05, 0) is 24.3 Å². The molecule has 10 heteroatoms. The van der Waals surface area contributed by atoms with E-state index in [4.69, 9.17) is 14.2 Å². The predicted molar refractivity (Wildman–Crippen MR) is 105 cm³/mol. The number of rotatable bonds is 4. The lowest BCUT2D eigenvalue weighted by Gasteiger charge is -2.46. The Morgan fingerprint density at radius 1 is 1.00 bits per heavy atom. The molecule has 166 valence electrons. The van der Waals surface area contributed by atoms with E-state index in [0.717, 1.165) is 6.07 Å². The Kier molecular flexibility index (Phi) is 4.52. The van der Waals surface area contributed by atoms with Crippen LogP contribution < -0.4 is 19.5 Å². The van der Waals surface area contributed by atoms with Crippen molar-refractivity contribution in [3.63, 3.8) is 0 Å². The van der Waals surface area contributed by atoms with Crippen LogP contribution >= 0.6 is 0 Å². The third-order valence-electron chi connectivity index (χ3n) is 5.53. The Morgan fingerprint density at radius 2 is 1.81 bits per heavy atom. The lowest BCUT2D eigenvalue weighted by molar-refractivity contribution is -0.274. The number of carbonyl (C=O) groups excluding carboxylic acids is 1. The Morgan fingerprint density at radius 3 is 2.62 bits per heavy atom. The number of para-hydroxylation sites is 2. The molecule has 0 radical (unpaired) electrons. The second-order valence-electron chi connectivity index (χ2n) is 7.45. The zero-order chi connectivity index (χ0) is 22.6. The molecule has 3 aromatic rings. The number of halogens is 4. The van der Waals surface area contributed by atoms with Gasteiger partial charge in [0.15, 0.2) is 11.5 Å². The van der Waals surface area contributed by atoms with E-state index in [0.29, 0.717) is 10.9 Å². The van der Waals surface area contributed by atoms with Gasteiger partial charge in [0, 0.05) is 24.4 Å². The van der Waals surface area contributed by atoms with Crippen molar-refractivity contribution in [2.45, 2.75) is 24.0 Å². The maximum Gasteiger partial charge on any atom is 0.355 e. The highest BCUT2D eigenvalue weighted by molar-refractivity contribution is 6.07. The first-order valence-corrected chi connectivity index (χ1v) is 9.74. The van der Waals surface area contributed by atoms with Crippen LogP contribution in [0.5, 0.6) is 17.4 Å². The van der Waals surface area contributed by atoms with E-state index in [1.165, 1.54) is 24.3 Å². The largest absolute Gasteiger partial charge is 0.454 e. The van der Waals surface area contributed by atoms with Crippen LogP contribution in [0.3, 0.4) is 0 Å². The topological polar surface area (TPSA) is 69.7 Å². The van der Waals surface area contributed by atoms with Gasteiger partial charge in [-0.2, -0.15) is 8.78 Å². The number of nitrogens with zero attached hydrogens (tertiary/aromatic N) is 1. The molecule has 1 saturated heterocycles. The summed E-state index contributed by atoms with van der Waals surface area (Å²) in [5.74, 6) is -6.52. The molecule has 0 bridgehead atoms. The lowest BCUT2D eigenvalue weighted by Crippen LogP contribution is -2.76. The molecule has 2 aliphatic heterocycles. The van der Waals surface area contributed by atoms with Crippen molar-refractivity contribution < 1.29 is 36.6 Å². The zero-order valence-corrected chi connectivity index (χ0v) is 16.4. The first kappa shape index (κ1) is 20.5. The normalized spacial score (nSPS) is 23.1. The average molecular weight is 448 g/mol. The fraction of sp³-hybridized carbons (Fsp3) is 0.273. The molecule has 1 unspecified atom stereocenters. The SMILES string of the molecule is O=C(c1cccc2c1OCO2)C1(Oc2ccc3ccccc3n2)C(F)(F)CCNC1(F)F. The second kappa shape index (κ2) is 7.06. The van der Waals surface area contributed by atoms with E-state index in [2.05, 4.69) is 4.98 Å². The number of pyridine rings is 1. The van der Waals surface area contributed by atoms with Crippen molar-refractivity contribution in [2.75, 3.05) is 13.3 Å². The number of ketones is 1. The second-order valence-corrected chi connectivity index (χ2v) is 7.45. The highest BCUT2D eigenvalue weighted by Crippen LogP contribution is 2.50. The number of Topliss-reactive ketones (excluding diaryl/α,β-unsaturated/α-hetero) is 1. The highest BCUT2D eigenvalue weighted by atomic mass is 19.3. The van der Waals surface area contributed by atoms with E-state index in [1.807, 2.05) is 0 Å². The monoisotopic (exact) mass is 448 g/mol. The van der Waals surface area contributed by atoms with Gasteiger partial charge in [-0.1, -0.05) is 24.3 Å². The van der Waals surface area contributed by atoms with Crippen LogP contribution in [0.1, 0.15) is 16.8 Å². The molecule has 1 aromatic heterocycles. The number of benzene rings is 2. The summed E-state index contributed by atoms with van der Waals surface area (Å²) in [6, 6.07) is 8.78. The van der Waals surface area contributed by atoms with Crippen LogP contribution in [-0.4, -0.2) is 41.7 Å². The van der Waals surface area contributed by atoms with Gasteiger partial charge in [-0.15, -0.1) is 0 Å². The van der Waals surface area contributed by atoms with E-state index < -0.39 is 47.8 Å². The number of fused-ring (bicyclic) bond motifs is 2. The van der Waals surface area contributed by atoms with E-state index >= 15 is 17.6 Å². The number of carbonyl (C=O) groups is 1. The van der Waals surface area contributed by atoms with Crippen molar-refractivity contribution in [1.82, 2.24) is 10.3 Å². The Balaban J connectivity index is 1.69. The van der Waals surface area contributed by atoms with Crippen molar-refractivity contribution in [3.05, 3.63) is 60.2 Å². The summed E-state index contributed by atoms with van der Waals surface area (Å²) in [5.41, 5.74) is -4.07. The number of ether oxygens (including phenoxy) is 3. The number of nitrogens with one attached hydrogen (secondary N) is 1. The van der Waals surface area contributed by atoms with Gasteiger partial charge < -0.3 is 14.2 Å². The number of hydrogen-bond acceptors (Lipinski definition) is 6. The molecule has 3 heterocycles. The molecule has 1 fully saturated rings.